The molecule has 1 aliphatic rings. The molecular formula is C15H12FN3OS. The first kappa shape index (κ1) is 13.7. The Hall–Kier alpha value is -2.26. The SMILES string of the molecule is N#Cc1ccc(CNC(=O)c2scnc2C2CC2)c(F)c1. The van der Waals surface area contributed by atoms with Crippen LogP contribution in [0, 0.1) is 17.1 Å². The monoisotopic (exact) mass is 301 g/mol. The summed E-state index contributed by atoms with van der Waals surface area (Å²) in [6.07, 6.45) is 2.16. The normalized spacial score (nSPS) is 13.7. The Kier molecular flexibility index (Phi) is 3.67. The number of nitriles is 1. The fourth-order valence-electron chi connectivity index (χ4n) is 2.09. The predicted octanol–water partition coefficient (Wildman–Crippen LogP) is 2.96. The van der Waals surface area contributed by atoms with Crippen LogP contribution in [0.15, 0.2) is 23.7 Å². The molecule has 1 aromatic heterocycles. The van der Waals surface area contributed by atoms with Gasteiger partial charge in [0.2, 0.25) is 0 Å². The van der Waals surface area contributed by atoms with E-state index in [1.807, 2.05) is 6.07 Å². The van der Waals surface area contributed by atoms with Gasteiger partial charge in [-0.2, -0.15) is 5.26 Å². The largest absolute Gasteiger partial charge is 0.347 e. The van der Waals surface area contributed by atoms with Gasteiger partial charge >= 0.3 is 0 Å². The number of rotatable bonds is 4. The van der Waals surface area contributed by atoms with Crippen LogP contribution in [0.5, 0.6) is 0 Å². The van der Waals surface area contributed by atoms with E-state index in [2.05, 4.69) is 10.3 Å². The first-order valence-electron chi connectivity index (χ1n) is 6.59. The number of amides is 1. The number of thiazole rings is 1. The van der Waals surface area contributed by atoms with Gasteiger partial charge in [0.1, 0.15) is 10.7 Å². The molecule has 0 bridgehead atoms. The average Bonchev–Trinajstić information content (AvgIpc) is 3.22. The van der Waals surface area contributed by atoms with Gasteiger partial charge in [-0.05, 0) is 25.0 Å². The van der Waals surface area contributed by atoms with Crippen LogP contribution in [0.25, 0.3) is 0 Å². The molecular weight excluding hydrogens is 289 g/mol. The summed E-state index contributed by atoms with van der Waals surface area (Å²) >= 11 is 1.31. The van der Waals surface area contributed by atoms with Crippen molar-refractivity contribution in [1.29, 1.82) is 5.26 Å². The molecule has 0 radical (unpaired) electrons. The molecule has 1 N–H and O–H groups in total. The smallest absolute Gasteiger partial charge is 0.263 e. The van der Waals surface area contributed by atoms with E-state index < -0.39 is 5.82 Å². The van der Waals surface area contributed by atoms with E-state index >= 15 is 0 Å². The third kappa shape index (κ3) is 2.93. The topological polar surface area (TPSA) is 65.8 Å². The minimum absolute atomic E-state index is 0.0956. The van der Waals surface area contributed by atoms with Gasteiger partial charge in [0, 0.05) is 18.0 Å². The highest BCUT2D eigenvalue weighted by molar-refractivity contribution is 7.11. The minimum atomic E-state index is -0.485. The van der Waals surface area contributed by atoms with Crippen molar-refractivity contribution < 1.29 is 9.18 Å². The van der Waals surface area contributed by atoms with Crippen molar-refractivity contribution in [1.82, 2.24) is 10.3 Å². The molecule has 0 saturated heterocycles. The molecule has 0 aliphatic heterocycles. The van der Waals surface area contributed by atoms with Crippen LogP contribution >= 0.6 is 11.3 Å². The van der Waals surface area contributed by atoms with Gasteiger partial charge in [0.05, 0.1) is 22.8 Å². The standard InChI is InChI=1S/C15H12FN3OS/c16-12-5-9(6-17)1-2-11(12)7-18-15(20)14-13(10-3-4-10)19-8-21-14/h1-2,5,8,10H,3-4,7H2,(H,18,20). The Balaban J connectivity index is 1.68. The van der Waals surface area contributed by atoms with Crippen molar-refractivity contribution >= 4 is 17.2 Å². The lowest BCUT2D eigenvalue weighted by molar-refractivity contribution is 0.0953. The van der Waals surface area contributed by atoms with Gasteiger partial charge in [0.25, 0.3) is 5.91 Å². The van der Waals surface area contributed by atoms with E-state index in [-0.39, 0.29) is 18.0 Å². The summed E-state index contributed by atoms with van der Waals surface area (Å²) in [5.74, 6) is -0.298. The van der Waals surface area contributed by atoms with Gasteiger partial charge in [-0.3, -0.25) is 4.79 Å². The van der Waals surface area contributed by atoms with E-state index in [0.717, 1.165) is 18.5 Å². The molecule has 1 heterocycles. The maximum absolute atomic E-state index is 13.7. The summed E-state index contributed by atoms with van der Waals surface area (Å²) in [7, 11) is 0. The Morgan fingerprint density at radius 1 is 1.52 bits per heavy atom. The van der Waals surface area contributed by atoms with Crippen LogP contribution in [0.4, 0.5) is 4.39 Å². The summed E-state index contributed by atoms with van der Waals surface area (Å²) in [4.78, 5) is 17.0. The number of carbonyl (C=O) groups excluding carboxylic acids is 1. The van der Waals surface area contributed by atoms with Gasteiger partial charge in [-0.25, -0.2) is 9.37 Å². The Morgan fingerprint density at radius 3 is 3.00 bits per heavy atom. The van der Waals surface area contributed by atoms with Crippen LogP contribution in [0.3, 0.4) is 0 Å². The quantitative estimate of drug-likeness (QED) is 0.944. The molecule has 1 aromatic carbocycles. The fraction of sp³-hybridized carbons (Fsp3) is 0.267. The number of hydrogen-bond acceptors (Lipinski definition) is 4. The molecule has 1 amide bonds. The number of carbonyl (C=O) groups is 1. The first-order valence-corrected chi connectivity index (χ1v) is 7.47. The lowest BCUT2D eigenvalue weighted by atomic mass is 10.1. The highest BCUT2D eigenvalue weighted by atomic mass is 32.1. The van der Waals surface area contributed by atoms with Gasteiger partial charge in [-0.15, -0.1) is 11.3 Å². The van der Waals surface area contributed by atoms with E-state index in [0.29, 0.717) is 16.4 Å². The maximum atomic E-state index is 13.7. The zero-order chi connectivity index (χ0) is 14.8. The predicted molar refractivity (Wildman–Crippen MR) is 76.4 cm³/mol. The number of hydrogen-bond donors (Lipinski definition) is 1. The molecule has 0 spiro atoms. The van der Waals surface area contributed by atoms with Crippen molar-refractivity contribution in [3.05, 3.63) is 51.2 Å². The zero-order valence-electron chi connectivity index (χ0n) is 11.1. The molecule has 0 unspecified atom stereocenters. The van der Waals surface area contributed by atoms with Crippen molar-refractivity contribution in [3.63, 3.8) is 0 Å². The first-order chi connectivity index (χ1) is 10.2. The van der Waals surface area contributed by atoms with Crippen LogP contribution in [-0.4, -0.2) is 10.9 Å². The highest BCUT2D eigenvalue weighted by Crippen LogP contribution is 2.41. The van der Waals surface area contributed by atoms with Crippen molar-refractivity contribution in [2.24, 2.45) is 0 Å². The maximum Gasteiger partial charge on any atom is 0.263 e. The van der Waals surface area contributed by atoms with Crippen molar-refractivity contribution in [3.8, 4) is 6.07 Å². The molecule has 21 heavy (non-hydrogen) atoms. The number of halogens is 1. The van der Waals surface area contributed by atoms with Crippen molar-refractivity contribution in [2.45, 2.75) is 25.3 Å². The summed E-state index contributed by atoms with van der Waals surface area (Å²) in [6, 6.07) is 6.10. The molecule has 1 fully saturated rings. The molecule has 6 heteroatoms. The number of benzene rings is 1. The summed E-state index contributed by atoms with van der Waals surface area (Å²) < 4.78 is 13.7. The molecule has 1 saturated carbocycles. The Labute approximate surface area is 125 Å². The molecule has 4 nitrogen and oxygen atoms in total. The second-order valence-corrected chi connectivity index (χ2v) is 5.80. The molecule has 0 atom stereocenters. The molecule has 1 aliphatic carbocycles. The van der Waals surface area contributed by atoms with Crippen LogP contribution < -0.4 is 5.32 Å². The lowest BCUT2D eigenvalue weighted by Crippen LogP contribution is -2.23. The Morgan fingerprint density at radius 2 is 2.33 bits per heavy atom. The summed E-state index contributed by atoms with van der Waals surface area (Å²) in [5.41, 5.74) is 3.16. The van der Waals surface area contributed by atoms with Crippen LogP contribution in [-0.2, 0) is 6.54 Å². The van der Waals surface area contributed by atoms with E-state index in [9.17, 15) is 9.18 Å². The lowest BCUT2D eigenvalue weighted by Gasteiger charge is -2.06. The van der Waals surface area contributed by atoms with E-state index in [1.165, 1.54) is 29.5 Å². The van der Waals surface area contributed by atoms with Crippen LogP contribution in [0.1, 0.15) is 45.3 Å². The second kappa shape index (κ2) is 5.62. The highest BCUT2D eigenvalue weighted by Gasteiger charge is 2.30. The average molecular weight is 301 g/mol. The van der Waals surface area contributed by atoms with Gasteiger partial charge < -0.3 is 5.32 Å². The number of aromatic nitrogens is 1. The molecule has 106 valence electrons. The number of nitrogens with one attached hydrogen (secondary N) is 1. The number of nitrogens with zero attached hydrogens (tertiary/aromatic N) is 2. The molecule has 2 aromatic rings. The van der Waals surface area contributed by atoms with Crippen LogP contribution in [0.2, 0.25) is 0 Å². The third-order valence-corrected chi connectivity index (χ3v) is 4.23. The van der Waals surface area contributed by atoms with Crippen molar-refractivity contribution in [2.75, 3.05) is 0 Å². The summed E-state index contributed by atoms with van der Waals surface area (Å²) in [6.45, 7) is 0.0956. The van der Waals surface area contributed by atoms with E-state index in [4.69, 9.17) is 5.26 Å². The van der Waals surface area contributed by atoms with E-state index in [1.54, 1.807) is 5.51 Å². The summed E-state index contributed by atoms with van der Waals surface area (Å²) in [5, 5.41) is 11.4. The molecule has 3 rings (SSSR count). The Bertz CT molecular complexity index is 731. The second-order valence-electron chi connectivity index (χ2n) is 4.94. The third-order valence-electron chi connectivity index (χ3n) is 3.39. The van der Waals surface area contributed by atoms with Gasteiger partial charge in [0.15, 0.2) is 0 Å². The van der Waals surface area contributed by atoms with Gasteiger partial charge in [-0.1, -0.05) is 6.07 Å². The zero-order valence-corrected chi connectivity index (χ0v) is 11.9. The minimum Gasteiger partial charge on any atom is -0.347 e. The fourth-order valence-corrected chi connectivity index (χ4v) is 2.88.